The zero-order chi connectivity index (χ0) is 12.2. The topological polar surface area (TPSA) is 70.8 Å². The molecular formula is C11H21NO4. The van der Waals surface area contributed by atoms with Crippen LogP contribution in [-0.4, -0.2) is 45.5 Å². The van der Waals surface area contributed by atoms with Crippen LogP contribution in [0.4, 0.5) is 0 Å². The highest BCUT2D eigenvalue weighted by atomic mass is 16.6. The molecule has 0 spiro atoms. The van der Waals surface area contributed by atoms with Crippen LogP contribution in [0.25, 0.3) is 0 Å². The first-order chi connectivity index (χ1) is 7.72. The molecular weight excluding hydrogens is 210 g/mol. The molecule has 0 radical (unpaired) electrons. The van der Waals surface area contributed by atoms with Crippen molar-refractivity contribution in [3.8, 4) is 0 Å². The van der Waals surface area contributed by atoms with Crippen molar-refractivity contribution in [1.82, 2.24) is 0 Å². The molecule has 0 aliphatic rings. The molecule has 0 heterocycles. The van der Waals surface area contributed by atoms with Gasteiger partial charge in [-0.1, -0.05) is 6.08 Å². The average molecular weight is 231 g/mol. The van der Waals surface area contributed by atoms with E-state index in [1.165, 1.54) is 0 Å². The lowest BCUT2D eigenvalue weighted by Gasteiger charge is -2.09. The van der Waals surface area contributed by atoms with Crippen LogP contribution in [0.5, 0.6) is 0 Å². The summed E-state index contributed by atoms with van der Waals surface area (Å²) in [7, 11) is 1.64. The molecule has 0 saturated carbocycles. The summed E-state index contributed by atoms with van der Waals surface area (Å²) in [5, 5.41) is 0. The number of ether oxygens (including phenoxy) is 3. The van der Waals surface area contributed by atoms with Crippen molar-refractivity contribution < 1.29 is 19.0 Å². The zero-order valence-corrected chi connectivity index (χ0v) is 9.81. The first-order valence-corrected chi connectivity index (χ1v) is 5.32. The fraction of sp³-hybridized carbons (Fsp3) is 0.727. The molecule has 94 valence electrons. The van der Waals surface area contributed by atoms with Gasteiger partial charge in [0.1, 0.15) is 12.6 Å². The maximum absolute atomic E-state index is 11.2. The molecule has 0 bridgehead atoms. The summed E-state index contributed by atoms with van der Waals surface area (Å²) >= 11 is 0. The van der Waals surface area contributed by atoms with Gasteiger partial charge in [-0.3, -0.25) is 4.79 Å². The summed E-state index contributed by atoms with van der Waals surface area (Å²) < 4.78 is 15.0. The van der Waals surface area contributed by atoms with Crippen molar-refractivity contribution in [2.45, 2.75) is 18.9 Å². The first-order valence-electron chi connectivity index (χ1n) is 5.32. The fourth-order valence-corrected chi connectivity index (χ4v) is 0.991. The van der Waals surface area contributed by atoms with Gasteiger partial charge in [0, 0.05) is 20.3 Å². The van der Waals surface area contributed by atoms with Crippen molar-refractivity contribution in [2.24, 2.45) is 5.73 Å². The Morgan fingerprint density at radius 1 is 1.38 bits per heavy atom. The molecule has 0 aromatic carbocycles. The fourth-order valence-electron chi connectivity index (χ4n) is 0.991. The molecule has 0 saturated heterocycles. The predicted octanol–water partition coefficient (Wildman–Crippen LogP) is 0.486. The van der Waals surface area contributed by atoms with E-state index in [-0.39, 0.29) is 6.61 Å². The second kappa shape index (κ2) is 10.6. The highest BCUT2D eigenvalue weighted by molar-refractivity contribution is 5.75. The molecule has 5 nitrogen and oxygen atoms in total. The number of nitrogens with two attached hydrogens (primary N) is 1. The van der Waals surface area contributed by atoms with Crippen LogP contribution < -0.4 is 5.73 Å². The second-order valence-corrected chi connectivity index (χ2v) is 3.26. The van der Waals surface area contributed by atoms with E-state index >= 15 is 0 Å². The SMILES string of the molecule is C=CCC(N)C(=O)OCCOCCCOC. The summed E-state index contributed by atoms with van der Waals surface area (Å²) in [6, 6.07) is -0.619. The molecule has 16 heavy (non-hydrogen) atoms. The number of hydrogen-bond donors (Lipinski definition) is 1. The van der Waals surface area contributed by atoms with Gasteiger partial charge in [0.15, 0.2) is 0 Å². The monoisotopic (exact) mass is 231 g/mol. The van der Waals surface area contributed by atoms with Gasteiger partial charge in [-0.15, -0.1) is 6.58 Å². The molecule has 0 aliphatic heterocycles. The Morgan fingerprint density at radius 2 is 2.12 bits per heavy atom. The van der Waals surface area contributed by atoms with Crippen LogP contribution in [0.15, 0.2) is 12.7 Å². The minimum Gasteiger partial charge on any atom is -0.462 e. The van der Waals surface area contributed by atoms with Crippen molar-refractivity contribution in [3.63, 3.8) is 0 Å². The van der Waals surface area contributed by atoms with Crippen molar-refractivity contribution in [2.75, 3.05) is 33.5 Å². The van der Waals surface area contributed by atoms with E-state index in [9.17, 15) is 4.79 Å². The highest BCUT2D eigenvalue weighted by Crippen LogP contribution is 1.93. The Kier molecular flexibility index (Phi) is 10.00. The molecule has 5 heteroatoms. The van der Waals surface area contributed by atoms with Gasteiger partial charge in [-0.2, -0.15) is 0 Å². The largest absolute Gasteiger partial charge is 0.462 e. The lowest BCUT2D eigenvalue weighted by Crippen LogP contribution is -2.32. The van der Waals surface area contributed by atoms with E-state index in [1.54, 1.807) is 13.2 Å². The minimum atomic E-state index is -0.619. The molecule has 2 N–H and O–H groups in total. The van der Waals surface area contributed by atoms with Crippen LogP contribution >= 0.6 is 0 Å². The van der Waals surface area contributed by atoms with Crippen LogP contribution in [0.3, 0.4) is 0 Å². The Balaban J connectivity index is 3.30. The van der Waals surface area contributed by atoms with E-state index in [2.05, 4.69) is 6.58 Å². The Bertz CT molecular complexity index is 196. The number of methoxy groups -OCH3 is 1. The quantitative estimate of drug-likeness (QED) is 0.336. The van der Waals surface area contributed by atoms with Gasteiger partial charge < -0.3 is 19.9 Å². The summed E-state index contributed by atoms with van der Waals surface area (Å²) in [6.07, 6.45) is 2.85. The van der Waals surface area contributed by atoms with Gasteiger partial charge in [0.2, 0.25) is 0 Å². The van der Waals surface area contributed by atoms with Crippen LogP contribution in [0.2, 0.25) is 0 Å². The molecule has 0 aromatic heterocycles. The Morgan fingerprint density at radius 3 is 2.75 bits per heavy atom. The van der Waals surface area contributed by atoms with Crippen molar-refractivity contribution in [1.29, 1.82) is 0 Å². The smallest absolute Gasteiger partial charge is 0.323 e. The number of hydrogen-bond acceptors (Lipinski definition) is 5. The lowest BCUT2D eigenvalue weighted by molar-refractivity contribution is -0.146. The average Bonchev–Trinajstić information content (AvgIpc) is 2.28. The number of rotatable bonds is 10. The van der Waals surface area contributed by atoms with E-state index < -0.39 is 12.0 Å². The predicted molar refractivity (Wildman–Crippen MR) is 61.1 cm³/mol. The third-order valence-electron chi connectivity index (χ3n) is 1.83. The second-order valence-electron chi connectivity index (χ2n) is 3.26. The molecule has 0 amide bonds. The molecule has 0 aliphatic carbocycles. The van der Waals surface area contributed by atoms with Gasteiger partial charge in [0.05, 0.1) is 6.61 Å². The summed E-state index contributed by atoms with van der Waals surface area (Å²) in [6.45, 7) is 5.39. The van der Waals surface area contributed by atoms with Crippen molar-refractivity contribution >= 4 is 5.97 Å². The Labute approximate surface area is 96.5 Å². The van der Waals surface area contributed by atoms with Crippen LogP contribution in [0.1, 0.15) is 12.8 Å². The maximum atomic E-state index is 11.2. The normalized spacial score (nSPS) is 12.1. The Hall–Kier alpha value is -0.910. The van der Waals surface area contributed by atoms with Gasteiger partial charge in [-0.25, -0.2) is 0 Å². The summed E-state index contributed by atoms with van der Waals surface area (Å²) in [4.78, 5) is 11.2. The number of esters is 1. The van der Waals surface area contributed by atoms with Crippen LogP contribution in [-0.2, 0) is 19.0 Å². The van der Waals surface area contributed by atoms with E-state index in [4.69, 9.17) is 19.9 Å². The van der Waals surface area contributed by atoms with Gasteiger partial charge in [-0.05, 0) is 12.8 Å². The molecule has 0 rings (SSSR count). The molecule has 0 aromatic rings. The van der Waals surface area contributed by atoms with Gasteiger partial charge in [0.25, 0.3) is 0 Å². The standard InChI is InChI=1S/C11H21NO4/c1-3-5-10(12)11(13)16-9-8-15-7-4-6-14-2/h3,10H,1,4-9,12H2,2H3. The molecule has 1 atom stereocenters. The summed E-state index contributed by atoms with van der Waals surface area (Å²) in [5.41, 5.74) is 5.51. The highest BCUT2D eigenvalue weighted by Gasteiger charge is 2.12. The first kappa shape index (κ1) is 15.1. The number of carbonyl (C=O) groups excluding carboxylic acids is 1. The summed E-state index contributed by atoms with van der Waals surface area (Å²) in [5.74, 6) is -0.416. The molecule has 1 unspecified atom stereocenters. The third-order valence-corrected chi connectivity index (χ3v) is 1.83. The molecule has 0 fully saturated rings. The van der Waals surface area contributed by atoms with Gasteiger partial charge >= 0.3 is 5.97 Å². The minimum absolute atomic E-state index is 0.233. The zero-order valence-electron chi connectivity index (χ0n) is 9.81. The lowest BCUT2D eigenvalue weighted by atomic mass is 10.2. The van der Waals surface area contributed by atoms with Crippen LogP contribution in [0, 0.1) is 0 Å². The third kappa shape index (κ3) is 8.40. The van der Waals surface area contributed by atoms with E-state index in [0.29, 0.717) is 26.2 Å². The van der Waals surface area contributed by atoms with Crippen molar-refractivity contribution in [3.05, 3.63) is 12.7 Å². The number of carbonyl (C=O) groups is 1. The van der Waals surface area contributed by atoms with E-state index in [0.717, 1.165) is 6.42 Å². The maximum Gasteiger partial charge on any atom is 0.323 e. The van der Waals surface area contributed by atoms with E-state index in [1.807, 2.05) is 0 Å².